The number of hydrogen-bond donors (Lipinski definition) is 2. The van der Waals surface area contributed by atoms with Crippen LogP contribution in [0.25, 0.3) is 11.3 Å². The minimum absolute atomic E-state index is 0.745. The van der Waals surface area contributed by atoms with E-state index >= 15 is 0 Å². The third-order valence-electron chi connectivity index (χ3n) is 2.74. The summed E-state index contributed by atoms with van der Waals surface area (Å²) in [6.07, 6.45) is 6.69. The number of unbranched alkanes of at least 4 members (excludes halogenated alkanes) is 1. The van der Waals surface area contributed by atoms with Crippen LogP contribution in [-0.4, -0.2) is 21.5 Å². The van der Waals surface area contributed by atoms with Crippen molar-refractivity contribution >= 4 is 0 Å². The predicted molar refractivity (Wildman–Crippen MR) is 68.5 cm³/mol. The van der Waals surface area contributed by atoms with Gasteiger partial charge in [-0.25, -0.2) is 4.98 Å². The lowest BCUT2D eigenvalue weighted by atomic mass is 10.2. The van der Waals surface area contributed by atoms with Gasteiger partial charge in [-0.15, -0.1) is 0 Å². The summed E-state index contributed by atoms with van der Waals surface area (Å²) in [5, 5.41) is 0. The Morgan fingerprint density at radius 2 is 2.24 bits per heavy atom. The minimum atomic E-state index is 0.745. The SMILES string of the molecule is Cc1[nH]c(CCCCN)nc1-c1cccnc1. The van der Waals surface area contributed by atoms with Gasteiger partial charge >= 0.3 is 0 Å². The molecule has 0 atom stereocenters. The number of pyridine rings is 1. The third-order valence-corrected chi connectivity index (χ3v) is 2.74. The van der Waals surface area contributed by atoms with E-state index in [4.69, 9.17) is 5.73 Å². The van der Waals surface area contributed by atoms with Crippen molar-refractivity contribution < 1.29 is 0 Å². The van der Waals surface area contributed by atoms with Crippen LogP contribution >= 0.6 is 0 Å². The van der Waals surface area contributed by atoms with Crippen LogP contribution in [0.15, 0.2) is 24.5 Å². The molecule has 2 heterocycles. The number of H-pyrrole nitrogens is 1. The van der Waals surface area contributed by atoms with Crippen LogP contribution in [0, 0.1) is 6.92 Å². The molecule has 4 heteroatoms. The van der Waals surface area contributed by atoms with E-state index in [1.165, 1.54) is 0 Å². The smallest absolute Gasteiger partial charge is 0.106 e. The van der Waals surface area contributed by atoms with E-state index in [-0.39, 0.29) is 0 Å². The minimum Gasteiger partial charge on any atom is -0.346 e. The van der Waals surface area contributed by atoms with E-state index in [9.17, 15) is 0 Å². The molecule has 2 aromatic heterocycles. The fourth-order valence-corrected chi connectivity index (χ4v) is 1.86. The van der Waals surface area contributed by atoms with Crippen molar-refractivity contribution in [3.05, 3.63) is 36.0 Å². The molecule has 0 bridgehead atoms. The molecule has 0 aliphatic rings. The van der Waals surface area contributed by atoms with Crippen molar-refractivity contribution in [3.63, 3.8) is 0 Å². The summed E-state index contributed by atoms with van der Waals surface area (Å²) in [6.45, 7) is 2.79. The second-order valence-electron chi connectivity index (χ2n) is 4.14. The molecule has 90 valence electrons. The number of hydrogen-bond acceptors (Lipinski definition) is 3. The van der Waals surface area contributed by atoms with Crippen molar-refractivity contribution in [2.45, 2.75) is 26.2 Å². The number of aryl methyl sites for hydroxylation is 2. The average molecular weight is 230 g/mol. The van der Waals surface area contributed by atoms with Gasteiger partial charge in [0.25, 0.3) is 0 Å². The normalized spacial score (nSPS) is 10.7. The van der Waals surface area contributed by atoms with Gasteiger partial charge in [0.1, 0.15) is 5.82 Å². The van der Waals surface area contributed by atoms with Gasteiger partial charge in [-0.05, 0) is 38.4 Å². The number of aromatic amines is 1. The highest BCUT2D eigenvalue weighted by Crippen LogP contribution is 2.20. The Bertz CT molecular complexity index is 462. The van der Waals surface area contributed by atoms with E-state index < -0.39 is 0 Å². The molecule has 0 fully saturated rings. The Labute approximate surface area is 101 Å². The molecule has 0 saturated heterocycles. The van der Waals surface area contributed by atoms with E-state index in [0.717, 1.165) is 48.6 Å². The van der Waals surface area contributed by atoms with E-state index in [1.54, 1.807) is 6.20 Å². The zero-order valence-corrected chi connectivity index (χ0v) is 10.1. The molecule has 2 rings (SSSR count). The van der Waals surface area contributed by atoms with Gasteiger partial charge in [0.2, 0.25) is 0 Å². The summed E-state index contributed by atoms with van der Waals surface area (Å²) in [7, 11) is 0. The molecule has 2 aromatic rings. The second-order valence-corrected chi connectivity index (χ2v) is 4.14. The Hall–Kier alpha value is -1.68. The maximum atomic E-state index is 5.48. The quantitative estimate of drug-likeness (QED) is 0.772. The predicted octanol–water partition coefficient (Wildman–Crippen LogP) is 2.06. The topological polar surface area (TPSA) is 67.6 Å². The van der Waals surface area contributed by atoms with E-state index in [2.05, 4.69) is 15.0 Å². The largest absolute Gasteiger partial charge is 0.346 e. The van der Waals surface area contributed by atoms with Crippen LogP contribution in [0.1, 0.15) is 24.4 Å². The van der Waals surface area contributed by atoms with Crippen molar-refractivity contribution in [2.75, 3.05) is 6.54 Å². The van der Waals surface area contributed by atoms with Crippen LogP contribution in [0.4, 0.5) is 0 Å². The van der Waals surface area contributed by atoms with Gasteiger partial charge in [-0.3, -0.25) is 4.98 Å². The van der Waals surface area contributed by atoms with Crippen LogP contribution in [0.5, 0.6) is 0 Å². The molecule has 0 radical (unpaired) electrons. The first kappa shape index (κ1) is 11.8. The molecule has 0 unspecified atom stereocenters. The highest BCUT2D eigenvalue weighted by Gasteiger charge is 2.08. The van der Waals surface area contributed by atoms with Gasteiger partial charge in [0, 0.05) is 30.1 Å². The maximum Gasteiger partial charge on any atom is 0.106 e. The molecular formula is C13H18N4. The third kappa shape index (κ3) is 2.91. The summed E-state index contributed by atoms with van der Waals surface area (Å²) >= 11 is 0. The summed E-state index contributed by atoms with van der Waals surface area (Å²) in [5.41, 5.74) is 8.64. The zero-order valence-electron chi connectivity index (χ0n) is 10.1. The molecule has 0 aliphatic carbocycles. The molecule has 4 nitrogen and oxygen atoms in total. The van der Waals surface area contributed by atoms with Gasteiger partial charge in [0.05, 0.1) is 5.69 Å². The highest BCUT2D eigenvalue weighted by atomic mass is 14.9. The Morgan fingerprint density at radius 1 is 1.35 bits per heavy atom. The number of aromatic nitrogens is 3. The lowest BCUT2D eigenvalue weighted by Gasteiger charge is -1.96. The van der Waals surface area contributed by atoms with Crippen molar-refractivity contribution in [1.82, 2.24) is 15.0 Å². The molecule has 17 heavy (non-hydrogen) atoms. The molecule has 0 spiro atoms. The first-order valence-electron chi connectivity index (χ1n) is 5.97. The summed E-state index contributed by atoms with van der Waals surface area (Å²) < 4.78 is 0. The standard InChI is InChI=1S/C13H18N4/c1-10-13(11-5-4-8-15-9-11)17-12(16-10)6-2-3-7-14/h4-5,8-9H,2-3,6-7,14H2,1H3,(H,16,17). The molecular weight excluding hydrogens is 212 g/mol. The van der Waals surface area contributed by atoms with Crippen LogP contribution in [0.3, 0.4) is 0 Å². The Kier molecular flexibility index (Phi) is 3.88. The van der Waals surface area contributed by atoms with Gasteiger partial charge in [0.15, 0.2) is 0 Å². The van der Waals surface area contributed by atoms with Gasteiger partial charge in [-0.1, -0.05) is 0 Å². The second kappa shape index (κ2) is 5.59. The fraction of sp³-hybridized carbons (Fsp3) is 0.385. The number of imidazole rings is 1. The molecule has 0 amide bonds. The first-order chi connectivity index (χ1) is 8.31. The highest BCUT2D eigenvalue weighted by molar-refractivity contribution is 5.60. The van der Waals surface area contributed by atoms with Gasteiger partial charge < -0.3 is 10.7 Å². The van der Waals surface area contributed by atoms with E-state index in [1.807, 2.05) is 25.3 Å². The monoisotopic (exact) mass is 230 g/mol. The maximum absolute atomic E-state index is 5.48. The average Bonchev–Trinajstić information content (AvgIpc) is 2.72. The van der Waals surface area contributed by atoms with Crippen LogP contribution < -0.4 is 5.73 Å². The van der Waals surface area contributed by atoms with Gasteiger partial charge in [-0.2, -0.15) is 0 Å². The number of nitrogens with zero attached hydrogens (tertiary/aromatic N) is 2. The lowest BCUT2D eigenvalue weighted by molar-refractivity contribution is 0.722. The molecule has 0 saturated carbocycles. The summed E-state index contributed by atoms with van der Waals surface area (Å²) in [5.74, 6) is 1.04. The number of nitrogens with two attached hydrogens (primary N) is 1. The van der Waals surface area contributed by atoms with E-state index in [0.29, 0.717) is 0 Å². The first-order valence-corrected chi connectivity index (χ1v) is 5.97. The summed E-state index contributed by atoms with van der Waals surface area (Å²) in [6, 6.07) is 3.96. The lowest BCUT2D eigenvalue weighted by Crippen LogP contribution is -1.99. The Balaban J connectivity index is 2.14. The molecule has 0 aliphatic heterocycles. The Morgan fingerprint density at radius 3 is 2.94 bits per heavy atom. The van der Waals surface area contributed by atoms with Crippen molar-refractivity contribution in [2.24, 2.45) is 5.73 Å². The number of nitrogens with one attached hydrogen (secondary N) is 1. The van der Waals surface area contributed by atoms with Crippen molar-refractivity contribution in [1.29, 1.82) is 0 Å². The number of rotatable bonds is 5. The molecule has 3 N–H and O–H groups in total. The summed E-state index contributed by atoms with van der Waals surface area (Å²) in [4.78, 5) is 12.1. The van der Waals surface area contributed by atoms with Crippen LogP contribution in [-0.2, 0) is 6.42 Å². The fourth-order valence-electron chi connectivity index (χ4n) is 1.86. The molecule has 0 aromatic carbocycles. The van der Waals surface area contributed by atoms with Crippen LogP contribution in [0.2, 0.25) is 0 Å². The zero-order chi connectivity index (χ0) is 12.1. The van der Waals surface area contributed by atoms with Crippen molar-refractivity contribution in [3.8, 4) is 11.3 Å².